The van der Waals surface area contributed by atoms with Crippen molar-refractivity contribution in [2.24, 2.45) is 5.92 Å². The van der Waals surface area contributed by atoms with E-state index in [1.165, 1.54) is 0 Å². The van der Waals surface area contributed by atoms with E-state index in [2.05, 4.69) is 17.1 Å². The van der Waals surface area contributed by atoms with Crippen LogP contribution in [-0.2, 0) is 9.53 Å². The molecule has 1 heterocycles. The Morgan fingerprint density at radius 2 is 2.00 bits per heavy atom. The standard InChI is InChI=1S/C17H26N2O3/c1-14(13-19-7-9-22-10-8-19)12-18-17(21)11-16(20)15-5-3-2-4-6-15/h2-6,14,16,20H,7-13H2,1H3,(H,18,21). The van der Waals surface area contributed by atoms with Crippen LogP contribution >= 0.6 is 0 Å². The first-order valence-electron chi connectivity index (χ1n) is 7.95. The van der Waals surface area contributed by atoms with E-state index in [1.54, 1.807) is 0 Å². The first kappa shape index (κ1) is 16.9. The van der Waals surface area contributed by atoms with Crippen molar-refractivity contribution in [3.05, 3.63) is 35.9 Å². The summed E-state index contributed by atoms with van der Waals surface area (Å²) in [5, 5.41) is 13.0. The number of hydrogen-bond acceptors (Lipinski definition) is 4. The number of amides is 1. The molecule has 1 fully saturated rings. The lowest BCUT2D eigenvalue weighted by molar-refractivity contribution is -0.123. The van der Waals surface area contributed by atoms with Gasteiger partial charge in [0.25, 0.3) is 0 Å². The monoisotopic (exact) mass is 306 g/mol. The van der Waals surface area contributed by atoms with Gasteiger partial charge >= 0.3 is 0 Å². The third-order valence-electron chi connectivity index (χ3n) is 3.88. The second-order valence-corrected chi connectivity index (χ2v) is 5.95. The average Bonchev–Trinajstić information content (AvgIpc) is 2.55. The Morgan fingerprint density at radius 1 is 1.32 bits per heavy atom. The number of hydrogen-bond donors (Lipinski definition) is 2. The third-order valence-corrected chi connectivity index (χ3v) is 3.88. The Labute approximate surface area is 132 Å². The zero-order valence-corrected chi connectivity index (χ0v) is 13.2. The third kappa shape index (κ3) is 5.75. The maximum Gasteiger partial charge on any atom is 0.222 e. The van der Waals surface area contributed by atoms with Crippen molar-refractivity contribution in [3.63, 3.8) is 0 Å². The maximum absolute atomic E-state index is 11.9. The minimum atomic E-state index is -0.740. The maximum atomic E-state index is 11.9. The predicted octanol–water partition coefficient (Wildman–Crippen LogP) is 1.19. The lowest BCUT2D eigenvalue weighted by Crippen LogP contribution is -2.41. The summed E-state index contributed by atoms with van der Waals surface area (Å²) in [6.45, 7) is 7.24. The number of rotatable bonds is 7. The Morgan fingerprint density at radius 3 is 2.68 bits per heavy atom. The molecule has 1 saturated heterocycles. The molecule has 1 aliphatic heterocycles. The number of aliphatic hydroxyl groups excluding tert-OH is 1. The van der Waals surface area contributed by atoms with E-state index in [9.17, 15) is 9.90 Å². The lowest BCUT2D eigenvalue weighted by atomic mass is 10.1. The van der Waals surface area contributed by atoms with Crippen LogP contribution in [0.4, 0.5) is 0 Å². The summed E-state index contributed by atoms with van der Waals surface area (Å²) in [5.74, 6) is 0.279. The zero-order chi connectivity index (χ0) is 15.8. The first-order valence-corrected chi connectivity index (χ1v) is 7.95. The van der Waals surface area contributed by atoms with Crippen LogP contribution < -0.4 is 5.32 Å². The van der Waals surface area contributed by atoms with E-state index in [0.29, 0.717) is 12.5 Å². The van der Waals surface area contributed by atoms with Crippen LogP contribution in [0.1, 0.15) is 25.0 Å². The van der Waals surface area contributed by atoms with Crippen LogP contribution in [0.2, 0.25) is 0 Å². The summed E-state index contributed by atoms with van der Waals surface area (Å²) >= 11 is 0. The molecule has 0 radical (unpaired) electrons. The number of carbonyl (C=O) groups excluding carboxylic acids is 1. The number of aliphatic hydroxyl groups is 1. The number of nitrogens with zero attached hydrogens (tertiary/aromatic N) is 1. The fraction of sp³-hybridized carbons (Fsp3) is 0.588. The molecule has 0 bridgehead atoms. The fourth-order valence-electron chi connectivity index (χ4n) is 2.62. The summed E-state index contributed by atoms with van der Waals surface area (Å²) in [7, 11) is 0. The predicted molar refractivity (Wildman–Crippen MR) is 85.5 cm³/mol. The summed E-state index contributed by atoms with van der Waals surface area (Å²) in [6, 6.07) is 9.28. The van der Waals surface area contributed by atoms with E-state index >= 15 is 0 Å². The molecule has 2 unspecified atom stereocenters. The van der Waals surface area contributed by atoms with E-state index in [-0.39, 0.29) is 12.3 Å². The van der Waals surface area contributed by atoms with Gasteiger partial charge in [0, 0.05) is 26.2 Å². The van der Waals surface area contributed by atoms with Gasteiger partial charge in [-0.15, -0.1) is 0 Å². The molecule has 0 spiro atoms. The van der Waals surface area contributed by atoms with Gasteiger partial charge in [-0.05, 0) is 11.5 Å². The Hall–Kier alpha value is -1.43. The Balaban J connectivity index is 1.66. The number of ether oxygens (including phenoxy) is 1. The molecule has 2 rings (SSSR count). The molecular formula is C17H26N2O3. The van der Waals surface area contributed by atoms with Crippen molar-refractivity contribution in [3.8, 4) is 0 Å². The largest absolute Gasteiger partial charge is 0.388 e. The van der Waals surface area contributed by atoms with Crippen molar-refractivity contribution in [2.75, 3.05) is 39.4 Å². The van der Waals surface area contributed by atoms with Gasteiger partial charge in [0.1, 0.15) is 0 Å². The summed E-state index contributed by atoms with van der Waals surface area (Å²) < 4.78 is 5.33. The van der Waals surface area contributed by atoms with Gasteiger partial charge in [-0.25, -0.2) is 0 Å². The zero-order valence-electron chi connectivity index (χ0n) is 13.2. The smallest absolute Gasteiger partial charge is 0.222 e. The second kappa shape index (κ2) is 8.88. The highest BCUT2D eigenvalue weighted by molar-refractivity contribution is 5.76. The van der Waals surface area contributed by atoms with Gasteiger partial charge in [0.15, 0.2) is 0 Å². The highest BCUT2D eigenvalue weighted by Gasteiger charge is 2.16. The number of nitrogens with one attached hydrogen (secondary N) is 1. The molecule has 22 heavy (non-hydrogen) atoms. The molecule has 1 aromatic rings. The van der Waals surface area contributed by atoms with E-state index in [4.69, 9.17) is 4.74 Å². The van der Waals surface area contributed by atoms with Crippen molar-refractivity contribution >= 4 is 5.91 Å². The number of benzene rings is 1. The van der Waals surface area contributed by atoms with Gasteiger partial charge in [-0.1, -0.05) is 37.3 Å². The summed E-state index contributed by atoms with van der Waals surface area (Å²) in [5.41, 5.74) is 0.777. The van der Waals surface area contributed by atoms with Crippen LogP contribution in [0.25, 0.3) is 0 Å². The van der Waals surface area contributed by atoms with Gasteiger partial charge < -0.3 is 15.2 Å². The number of carbonyl (C=O) groups is 1. The van der Waals surface area contributed by atoms with Crippen LogP contribution in [0.15, 0.2) is 30.3 Å². The SMILES string of the molecule is CC(CNC(=O)CC(O)c1ccccc1)CN1CCOCC1. The van der Waals surface area contributed by atoms with Gasteiger partial charge in [-0.2, -0.15) is 0 Å². The molecule has 5 nitrogen and oxygen atoms in total. The van der Waals surface area contributed by atoms with Gasteiger partial charge in [0.05, 0.1) is 25.7 Å². The molecule has 0 aliphatic carbocycles. The molecule has 0 aromatic heterocycles. The Bertz CT molecular complexity index is 446. The number of morpholine rings is 1. The molecule has 1 aliphatic rings. The van der Waals surface area contributed by atoms with E-state index < -0.39 is 6.10 Å². The topological polar surface area (TPSA) is 61.8 Å². The van der Waals surface area contributed by atoms with Crippen LogP contribution in [0.5, 0.6) is 0 Å². The summed E-state index contributed by atoms with van der Waals surface area (Å²) in [6.07, 6.45) is -0.635. The summed E-state index contributed by atoms with van der Waals surface area (Å²) in [4.78, 5) is 14.3. The van der Waals surface area contributed by atoms with Crippen molar-refractivity contribution in [1.82, 2.24) is 10.2 Å². The van der Waals surface area contributed by atoms with Crippen LogP contribution in [0, 0.1) is 5.92 Å². The molecular weight excluding hydrogens is 280 g/mol. The normalized spacial score (nSPS) is 18.6. The van der Waals surface area contributed by atoms with Crippen molar-refractivity contribution in [1.29, 1.82) is 0 Å². The minimum Gasteiger partial charge on any atom is -0.388 e. The van der Waals surface area contributed by atoms with Crippen molar-refractivity contribution in [2.45, 2.75) is 19.4 Å². The fourth-order valence-corrected chi connectivity index (χ4v) is 2.62. The minimum absolute atomic E-state index is 0.105. The van der Waals surface area contributed by atoms with Gasteiger partial charge in [0.2, 0.25) is 5.91 Å². The Kier molecular flexibility index (Phi) is 6.83. The van der Waals surface area contributed by atoms with E-state index in [0.717, 1.165) is 38.4 Å². The quantitative estimate of drug-likeness (QED) is 0.794. The molecule has 122 valence electrons. The molecule has 1 aromatic carbocycles. The highest BCUT2D eigenvalue weighted by Crippen LogP contribution is 2.15. The molecule has 2 atom stereocenters. The van der Waals surface area contributed by atoms with Crippen LogP contribution in [0.3, 0.4) is 0 Å². The molecule has 2 N–H and O–H groups in total. The molecule has 0 saturated carbocycles. The second-order valence-electron chi connectivity index (χ2n) is 5.95. The molecule has 5 heteroatoms. The lowest BCUT2D eigenvalue weighted by Gasteiger charge is -2.29. The molecule has 1 amide bonds. The van der Waals surface area contributed by atoms with Crippen molar-refractivity contribution < 1.29 is 14.6 Å². The van der Waals surface area contributed by atoms with E-state index in [1.807, 2.05) is 30.3 Å². The first-order chi connectivity index (χ1) is 10.6. The van der Waals surface area contributed by atoms with Crippen LogP contribution in [-0.4, -0.2) is 55.3 Å². The average molecular weight is 306 g/mol. The van der Waals surface area contributed by atoms with Gasteiger partial charge in [-0.3, -0.25) is 9.69 Å². The highest BCUT2D eigenvalue weighted by atomic mass is 16.5.